The second-order valence-corrected chi connectivity index (χ2v) is 8.20. The molecule has 7 nitrogen and oxygen atoms in total. The summed E-state index contributed by atoms with van der Waals surface area (Å²) in [4.78, 5) is 27.2. The van der Waals surface area contributed by atoms with Crippen molar-refractivity contribution in [3.05, 3.63) is 81.5 Å². The van der Waals surface area contributed by atoms with Crippen LogP contribution in [0.15, 0.2) is 65.1 Å². The van der Waals surface area contributed by atoms with Crippen LogP contribution in [0.25, 0.3) is 32.5 Å². The zero-order valence-corrected chi connectivity index (χ0v) is 17.0. The molecular weight excluding hydrogens is 424 g/mol. The van der Waals surface area contributed by atoms with Gasteiger partial charge in [0.25, 0.3) is 5.69 Å². The van der Waals surface area contributed by atoms with Crippen LogP contribution in [0, 0.1) is 10.1 Å². The standard InChI is InChI=1S/C21H14N2O5S2/c24-20(25)12-29-19(21-22-15-6-2-4-8-18(15)30-21)11-13-9-10-17(28-13)14-5-1-3-7-16(14)23(26)27/h1-11H,12H2,(H,24,25)/b19-11-. The Morgan fingerprint density at radius 2 is 1.93 bits per heavy atom. The summed E-state index contributed by atoms with van der Waals surface area (Å²) < 4.78 is 6.82. The summed E-state index contributed by atoms with van der Waals surface area (Å²) in [7, 11) is 0. The number of nitro groups is 1. The van der Waals surface area contributed by atoms with E-state index in [2.05, 4.69) is 4.98 Å². The number of nitro benzene ring substituents is 1. The lowest BCUT2D eigenvalue weighted by atomic mass is 10.1. The van der Waals surface area contributed by atoms with Gasteiger partial charge in [-0.3, -0.25) is 14.9 Å². The molecule has 0 bridgehead atoms. The first kappa shape index (κ1) is 19.9. The van der Waals surface area contributed by atoms with Crippen molar-refractivity contribution in [2.24, 2.45) is 0 Å². The Hall–Kier alpha value is -3.43. The topological polar surface area (TPSA) is 106 Å². The second kappa shape index (κ2) is 8.52. The fourth-order valence-corrected chi connectivity index (χ4v) is 4.65. The lowest BCUT2D eigenvalue weighted by Gasteiger charge is -2.02. The molecule has 0 radical (unpaired) electrons. The molecule has 0 atom stereocenters. The van der Waals surface area contributed by atoms with Crippen molar-refractivity contribution < 1.29 is 19.2 Å². The van der Waals surface area contributed by atoms with E-state index in [9.17, 15) is 14.9 Å². The molecule has 2 aromatic carbocycles. The molecule has 2 aromatic heterocycles. The third kappa shape index (κ3) is 4.27. The molecule has 0 aliphatic heterocycles. The summed E-state index contributed by atoms with van der Waals surface area (Å²) in [6.45, 7) is 0. The Balaban J connectivity index is 1.72. The first-order chi connectivity index (χ1) is 14.5. The number of fused-ring (bicyclic) bond motifs is 1. The number of nitrogens with zero attached hydrogens (tertiary/aromatic N) is 2. The van der Waals surface area contributed by atoms with Gasteiger partial charge >= 0.3 is 5.97 Å². The van der Waals surface area contributed by atoms with Gasteiger partial charge in [0.2, 0.25) is 0 Å². The fraction of sp³-hybridized carbons (Fsp3) is 0.0476. The highest BCUT2D eigenvalue weighted by atomic mass is 32.2. The lowest BCUT2D eigenvalue weighted by Crippen LogP contribution is -1.97. The minimum Gasteiger partial charge on any atom is -0.481 e. The highest BCUT2D eigenvalue weighted by Crippen LogP contribution is 2.37. The summed E-state index contributed by atoms with van der Waals surface area (Å²) >= 11 is 2.61. The molecule has 0 saturated carbocycles. The Bertz CT molecular complexity index is 1240. The molecule has 0 unspecified atom stereocenters. The van der Waals surface area contributed by atoms with Crippen molar-refractivity contribution in [2.75, 3.05) is 5.75 Å². The zero-order valence-electron chi connectivity index (χ0n) is 15.3. The molecule has 0 spiro atoms. The van der Waals surface area contributed by atoms with Crippen molar-refractivity contribution in [1.29, 1.82) is 0 Å². The largest absolute Gasteiger partial charge is 0.481 e. The van der Waals surface area contributed by atoms with Crippen LogP contribution in [-0.2, 0) is 4.79 Å². The van der Waals surface area contributed by atoms with Gasteiger partial charge in [0.1, 0.15) is 16.5 Å². The van der Waals surface area contributed by atoms with Gasteiger partial charge in [0.15, 0.2) is 0 Å². The number of furan rings is 1. The smallest absolute Gasteiger partial charge is 0.313 e. The van der Waals surface area contributed by atoms with Crippen molar-refractivity contribution in [2.45, 2.75) is 0 Å². The number of carbonyl (C=O) groups is 1. The van der Waals surface area contributed by atoms with E-state index in [0.717, 1.165) is 22.0 Å². The highest BCUT2D eigenvalue weighted by Gasteiger charge is 2.18. The number of benzene rings is 2. The molecule has 0 aliphatic rings. The average Bonchev–Trinajstić information content (AvgIpc) is 3.37. The van der Waals surface area contributed by atoms with E-state index < -0.39 is 10.9 Å². The molecule has 0 amide bonds. The number of thioether (sulfide) groups is 1. The zero-order chi connectivity index (χ0) is 21.1. The molecule has 4 rings (SSSR count). The van der Waals surface area contributed by atoms with Gasteiger partial charge in [0.05, 0.1) is 26.5 Å². The number of carboxylic acids is 1. The minimum atomic E-state index is -0.938. The van der Waals surface area contributed by atoms with Crippen molar-refractivity contribution in [1.82, 2.24) is 4.98 Å². The van der Waals surface area contributed by atoms with Gasteiger partial charge in [-0.15, -0.1) is 23.1 Å². The number of hydrogen-bond acceptors (Lipinski definition) is 7. The maximum Gasteiger partial charge on any atom is 0.313 e. The lowest BCUT2D eigenvalue weighted by molar-refractivity contribution is -0.384. The summed E-state index contributed by atoms with van der Waals surface area (Å²) in [5.74, 6) is -0.248. The van der Waals surface area contributed by atoms with Crippen LogP contribution in [0.4, 0.5) is 5.69 Å². The fourth-order valence-electron chi connectivity index (χ4n) is 2.83. The van der Waals surface area contributed by atoms with E-state index in [0.29, 0.717) is 27.0 Å². The molecule has 9 heteroatoms. The van der Waals surface area contributed by atoms with Gasteiger partial charge < -0.3 is 9.52 Å². The van der Waals surface area contributed by atoms with Gasteiger partial charge in [-0.25, -0.2) is 4.98 Å². The molecule has 0 saturated heterocycles. The van der Waals surface area contributed by atoms with Crippen LogP contribution >= 0.6 is 23.1 Å². The molecule has 2 heterocycles. The molecule has 1 N–H and O–H groups in total. The van der Waals surface area contributed by atoms with E-state index in [-0.39, 0.29) is 11.4 Å². The molecule has 0 fully saturated rings. The quantitative estimate of drug-likeness (QED) is 0.288. The van der Waals surface area contributed by atoms with Crippen LogP contribution < -0.4 is 0 Å². The number of aromatic nitrogens is 1. The van der Waals surface area contributed by atoms with Gasteiger partial charge in [-0.2, -0.15) is 0 Å². The summed E-state index contributed by atoms with van der Waals surface area (Å²) in [5, 5.41) is 21.1. The summed E-state index contributed by atoms with van der Waals surface area (Å²) in [6.07, 6.45) is 1.71. The molecule has 30 heavy (non-hydrogen) atoms. The summed E-state index contributed by atoms with van der Waals surface area (Å²) in [6, 6.07) is 17.4. The van der Waals surface area contributed by atoms with E-state index >= 15 is 0 Å². The van der Waals surface area contributed by atoms with E-state index in [1.807, 2.05) is 24.3 Å². The van der Waals surface area contributed by atoms with Crippen LogP contribution in [0.5, 0.6) is 0 Å². The number of hydrogen-bond donors (Lipinski definition) is 1. The van der Waals surface area contributed by atoms with Gasteiger partial charge in [-0.1, -0.05) is 24.3 Å². The molecule has 0 aliphatic carbocycles. The number of thiazole rings is 1. The predicted molar refractivity (Wildman–Crippen MR) is 118 cm³/mol. The molecule has 150 valence electrons. The average molecular weight is 438 g/mol. The maximum atomic E-state index is 11.3. The Labute approximate surface area is 178 Å². The first-order valence-electron chi connectivity index (χ1n) is 8.77. The summed E-state index contributed by atoms with van der Waals surface area (Å²) in [5.41, 5.74) is 1.16. The number of carboxylic acid groups (broad SMARTS) is 1. The van der Waals surface area contributed by atoms with Crippen LogP contribution in [0.2, 0.25) is 0 Å². The van der Waals surface area contributed by atoms with Crippen LogP contribution in [-0.4, -0.2) is 26.7 Å². The SMILES string of the molecule is O=C(O)CS/C(=C\c1ccc(-c2ccccc2[N+](=O)[O-])o1)c1nc2ccccc2s1. The van der Waals surface area contributed by atoms with E-state index in [1.165, 1.54) is 17.4 Å². The predicted octanol–water partition coefficient (Wildman–Crippen LogP) is 5.78. The molecular formula is C21H14N2O5S2. The van der Waals surface area contributed by atoms with Gasteiger partial charge in [0, 0.05) is 11.0 Å². The number of aliphatic carboxylic acids is 1. The van der Waals surface area contributed by atoms with Crippen LogP contribution in [0.3, 0.4) is 0 Å². The van der Waals surface area contributed by atoms with Crippen molar-refractivity contribution >= 4 is 56.0 Å². The van der Waals surface area contributed by atoms with Crippen LogP contribution in [0.1, 0.15) is 10.8 Å². The van der Waals surface area contributed by atoms with Crippen molar-refractivity contribution in [3.8, 4) is 11.3 Å². The Morgan fingerprint density at radius 1 is 1.17 bits per heavy atom. The second-order valence-electron chi connectivity index (χ2n) is 6.15. The normalized spacial score (nSPS) is 11.7. The van der Waals surface area contributed by atoms with E-state index in [4.69, 9.17) is 9.52 Å². The Morgan fingerprint density at radius 3 is 2.70 bits per heavy atom. The highest BCUT2D eigenvalue weighted by molar-refractivity contribution is 8.09. The number of para-hydroxylation sites is 2. The minimum absolute atomic E-state index is 0.0472. The number of rotatable bonds is 7. The van der Waals surface area contributed by atoms with Gasteiger partial charge in [-0.05, 0) is 36.4 Å². The van der Waals surface area contributed by atoms with Crippen molar-refractivity contribution in [3.63, 3.8) is 0 Å². The molecule has 4 aromatic rings. The third-order valence-corrected chi connectivity index (χ3v) is 6.33. The first-order valence-corrected chi connectivity index (χ1v) is 10.6. The third-order valence-electron chi connectivity index (χ3n) is 4.12. The van der Waals surface area contributed by atoms with E-state index in [1.54, 1.807) is 36.4 Å². The maximum absolute atomic E-state index is 11.3. The Kier molecular flexibility index (Phi) is 5.64. The monoisotopic (exact) mass is 438 g/mol.